The van der Waals surface area contributed by atoms with Crippen molar-refractivity contribution < 1.29 is 9.47 Å². The van der Waals surface area contributed by atoms with Crippen LogP contribution in [0.15, 0.2) is 24.5 Å². The quantitative estimate of drug-likeness (QED) is 0.696. The normalized spacial score (nSPS) is 10.3. The van der Waals surface area contributed by atoms with Gasteiger partial charge in [-0.05, 0) is 6.07 Å². The number of nitrogens with zero attached hydrogens (tertiary/aromatic N) is 2. The predicted molar refractivity (Wildman–Crippen MR) is 48.3 cm³/mol. The third-order valence-corrected chi connectivity index (χ3v) is 1.90. The van der Waals surface area contributed by atoms with Crippen molar-refractivity contribution in [2.75, 3.05) is 14.2 Å². The third kappa shape index (κ3) is 1.20. The van der Waals surface area contributed by atoms with E-state index in [9.17, 15) is 0 Å². The maximum absolute atomic E-state index is 5.19. The average molecular weight is 178 g/mol. The maximum atomic E-state index is 5.19. The lowest BCUT2D eigenvalue weighted by molar-refractivity contribution is 0.392. The van der Waals surface area contributed by atoms with Crippen molar-refractivity contribution in [3.8, 4) is 11.5 Å². The Balaban J connectivity index is 2.70. The first kappa shape index (κ1) is 7.91. The van der Waals surface area contributed by atoms with Gasteiger partial charge in [0.1, 0.15) is 17.0 Å². The molecule has 0 aliphatic carbocycles. The molecule has 0 fully saturated rings. The minimum atomic E-state index is 0.730. The summed E-state index contributed by atoms with van der Waals surface area (Å²) in [5.74, 6) is 1.49. The molecular weight excluding hydrogens is 168 g/mol. The Morgan fingerprint density at radius 3 is 2.85 bits per heavy atom. The molecule has 0 atom stereocenters. The van der Waals surface area contributed by atoms with E-state index in [1.54, 1.807) is 31.1 Å². The number of rotatable bonds is 2. The molecule has 0 spiro atoms. The van der Waals surface area contributed by atoms with E-state index < -0.39 is 0 Å². The highest BCUT2D eigenvalue weighted by molar-refractivity contribution is 5.60. The van der Waals surface area contributed by atoms with Crippen LogP contribution in [0.3, 0.4) is 0 Å². The van der Waals surface area contributed by atoms with Crippen molar-refractivity contribution in [3.63, 3.8) is 0 Å². The molecule has 0 aliphatic heterocycles. The molecule has 13 heavy (non-hydrogen) atoms. The van der Waals surface area contributed by atoms with Gasteiger partial charge in [-0.1, -0.05) is 0 Å². The van der Waals surface area contributed by atoms with E-state index in [0.717, 1.165) is 17.0 Å². The highest BCUT2D eigenvalue weighted by Crippen LogP contribution is 2.24. The molecule has 0 N–H and O–H groups in total. The van der Waals surface area contributed by atoms with Crippen LogP contribution >= 0.6 is 0 Å². The van der Waals surface area contributed by atoms with Crippen molar-refractivity contribution in [2.24, 2.45) is 0 Å². The number of pyridine rings is 1. The fourth-order valence-corrected chi connectivity index (χ4v) is 1.25. The Kier molecular flexibility index (Phi) is 1.81. The summed E-state index contributed by atoms with van der Waals surface area (Å²) in [5.41, 5.74) is 0.934. The van der Waals surface area contributed by atoms with E-state index in [2.05, 4.69) is 5.10 Å². The Bertz CT molecular complexity index is 422. The molecule has 2 aromatic heterocycles. The van der Waals surface area contributed by atoms with Crippen molar-refractivity contribution >= 4 is 5.52 Å². The molecule has 0 bridgehead atoms. The summed E-state index contributed by atoms with van der Waals surface area (Å²) in [5, 5.41) is 4.09. The molecular formula is C9H10N2O2. The maximum Gasteiger partial charge on any atom is 0.148 e. The van der Waals surface area contributed by atoms with Crippen molar-refractivity contribution in [1.82, 2.24) is 9.61 Å². The number of methoxy groups -OCH3 is 2. The first-order valence-corrected chi connectivity index (χ1v) is 3.90. The van der Waals surface area contributed by atoms with Gasteiger partial charge in [-0.2, -0.15) is 5.10 Å². The molecule has 0 amide bonds. The van der Waals surface area contributed by atoms with Crippen LogP contribution < -0.4 is 9.47 Å². The molecule has 0 radical (unpaired) electrons. The van der Waals surface area contributed by atoms with Crippen LogP contribution in [0.1, 0.15) is 0 Å². The number of aromatic nitrogens is 2. The van der Waals surface area contributed by atoms with Crippen LogP contribution in [0, 0.1) is 0 Å². The monoisotopic (exact) mass is 178 g/mol. The highest BCUT2D eigenvalue weighted by Gasteiger charge is 2.04. The van der Waals surface area contributed by atoms with Crippen LogP contribution in [0.25, 0.3) is 5.52 Å². The standard InChI is InChI=1S/C9H10N2O2/c1-12-7-5-9(13-2)8-3-4-10-11(8)6-7/h3-6H,1-2H3. The van der Waals surface area contributed by atoms with Gasteiger partial charge >= 0.3 is 0 Å². The molecule has 0 unspecified atom stereocenters. The Hall–Kier alpha value is -1.71. The van der Waals surface area contributed by atoms with Gasteiger partial charge in [0.05, 0.1) is 26.6 Å². The first-order valence-electron chi connectivity index (χ1n) is 3.90. The highest BCUT2D eigenvalue weighted by atomic mass is 16.5. The lowest BCUT2D eigenvalue weighted by Crippen LogP contribution is -1.93. The summed E-state index contributed by atoms with van der Waals surface area (Å²) in [7, 11) is 3.24. The van der Waals surface area contributed by atoms with Crippen LogP contribution in [-0.2, 0) is 0 Å². The zero-order chi connectivity index (χ0) is 9.26. The molecule has 68 valence electrons. The number of hydrogen-bond acceptors (Lipinski definition) is 3. The zero-order valence-corrected chi connectivity index (χ0v) is 7.52. The van der Waals surface area contributed by atoms with E-state index in [0.29, 0.717) is 0 Å². The second-order valence-corrected chi connectivity index (χ2v) is 2.61. The Morgan fingerprint density at radius 1 is 1.31 bits per heavy atom. The predicted octanol–water partition coefficient (Wildman–Crippen LogP) is 1.35. The summed E-state index contributed by atoms with van der Waals surface area (Å²) < 4.78 is 12.0. The molecule has 0 saturated heterocycles. The van der Waals surface area contributed by atoms with E-state index in [1.165, 1.54) is 0 Å². The molecule has 4 heteroatoms. The van der Waals surface area contributed by atoms with Gasteiger partial charge in [-0.25, -0.2) is 4.52 Å². The number of fused-ring (bicyclic) bond motifs is 1. The zero-order valence-electron chi connectivity index (χ0n) is 7.52. The second-order valence-electron chi connectivity index (χ2n) is 2.61. The smallest absolute Gasteiger partial charge is 0.148 e. The molecule has 0 aliphatic rings. The van der Waals surface area contributed by atoms with Gasteiger partial charge in [-0.3, -0.25) is 0 Å². The fourth-order valence-electron chi connectivity index (χ4n) is 1.25. The average Bonchev–Trinajstić information content (AvgIpc) is 2.63. The SMILES string of the molecule is COc1cc(OC)c2ccnn2c1. The van der Waals surface area contributed by atoms with Crippen LogP contribution in [0.4, 0.5) is 0 Å². The fraction of sp³-hybridized carbons (Fsp3) is 0.222. The summed E-state index contributed by atoms with van der Waals surface area (Å²) in [4.78, 5) is 0. The van der Waals surface area contributed by atoms with Crippen molar-refractivity contribution in [3.05, 3.63) is 24.5 Å². The molecule has 2 aromatic rings. The second kappa shape index (κ2) is 2.97. The lowest BCUT2D eigenvalue weighted by Gasteiger charge is -2.05. The summed E-state index contributed by atoms with van der Waals surface area (Å²) >= 11 is 0. The van der Waals surface area contributed by atoms with Gasteiger partial charge in [0.2, 0.25) is 0 Å². The number of hydrogen-bond donors (Lipinski definition) is 0. The van der Waals surface area contributed by atoms with Crippen LogP contribution in [0.2, 0.25) is 0 Å². The van der Waals surface area contributed by atoms with E-state index >= 15 is 0 Å². The van der Waals surface area contributed by atoms with Crippen LogP contribution in [-0.4, -0.2) is 23.8 Å². The van der Waals surface area contributed by atoms with Gasteiger partial charge in [0.25, 0.3) is 0 Å². The minimum Gasteiger partial charge on any atom is -0.495 e. The summed E-state index contributed by atoms with van der Waals surface area (Å²) in [6, 6.07) is 3.72. The van der Waals surface area contributed by atoms with Crippen LogP contribution in [0.5, 0.6) is 11.5 Å². The minimum absolute atomic E-state index is 0.730. The largest absolute Gasteiger partial charge is 0.495 e. The summed E-state index contributed by atoms with van der Waals surface area (Å²) in [6.45, 7) is 0. The van der Waals surface area contributed by atoms with Gasteiger partial charge < -0.3 is 9.47 Å². The van der Waals surface area contributed by atoms with Gasteiger partial charge in [0.15, 0.2) is 0 Å². The Morgan fingerprint density at radius 2 is 2.15 bits per heavy atom. The molecule has 0 aromatic carbocycles. The van der Waals surface area contributed by atoms with Gasteiger partial charge in [0, 0.05) is 6.07 Å². The van der Waals surface area contributed by atoms with E-state index in [1.807, 2.05) is 12.1 Å². The van der Waals surface area contributed by atoms with Crippen molar-refractivity contribution in [1.29, 1.82) is 0 Å². The first-order chi connectivity index (χ1) is 6.35. The van der Waals surface area contributed by atoms with Gasteiger partial charge in [-0.15, -0.1) is 0 Å². The third-order valence-electron chi connectivity index (χ3n) is 1.90. The topological polar surface area (TPSA) is 35.8 Å². The molecule has 2 heterocycles. The van der Waals surface area contributed by atoms with Crippen molar-refractivity contribution in [2.45, 2.75) is 0 Å². The summed E-state index contributed by atoms with van der Waals surface area (Å²) in [6.07, 6.45) is 3.52. The molecule has 4 nitrogen and oxygen atoms in total. The van der Waals surface area contributed by atoms with E-state index in [-0.39, 0.29) is 0 Å². The molecule has 0 saturated carbocycles. The number of ether oxygens (including phenoxy) is 2. The van der Waals surface area contributed by atoms with E-state index in [4.69, 9.17) is 9.47 Å². The molecule has 2 rings (SSSR count). The Labute approximate surface area is 75.7 Å². The lowest BCUT2D eigenvalue weighted by atomic mass is 10.3.